The molecule has 172 valence electrons. The Morgan fingerprint density at radius 1 is 0.970 bits per heavy atom. The molecule has 0 aliphatic carbocycles. The largest absolute Gasteiger partial charge is 0.493 e. The van der Waals surface area contributed by atoms with E-state index in [0.717, 1.165) is 28.8 Å². The van der Waals surface area contributed by atoms with Crippen LogP contribution in [0.2, 0.25) is 0 Å². The summed E-state index contributed by atoms with van der Waals surface area (Å²) in [6.45, 7) is 2.28. The third-order valence-electron chi connectivity index (χ3n) is 5.96. The molecule has 7 heteroatoms. The Morgan fingerprint density at radius 2 is 1.64 bits per heavy atom. The molecule has 1 aliphatic rings. The molecule has 1 atom stereocenters. The highest BCUT2D eigenvalue weighted by Crippen LogP contribution is 2.42. The van der Waals surface area contributed by atoms with Crippen molar-refractivity contribution in [2.24, 2.45) is 0 Å². The van der Waals surface area contributed by atoms with Crippen molar-refractivity contribution in [1.82, 2.24) is 4.90 Å². The fourth-order valence-corrected chi connectivity index (χ4v) is 4.27. The zero-order valence-corrected chi connectivity index (χ0v) is 18.6. The summed E-state index contributed by atoms with van der Waals surface area (Å²) in [5, 5.41) is 0. The molecule has 0 N–H and O–H groups in total. The first kappa shape index (κ1) is 22.7. The van der Waals surface area contributed by atoms with Crippen LogP contribution in [0.5, 0.6) is 11.5 Å². The van der Waals surface area contributed by atoms with Gasteiger partial charge in [0.1, 0.15) is 0 Å². The van der Waals surface area contributed by atoms with Gasteiger partial charge in [-0.25, -0.2) is 0 Å². The molecule has 0 spiro atoms. The Labute approximate surface area is 190 Å². The molecule has 0 fully saturated rings. The molecular weight excluding hydrogens is 431 g/mol. The summed E-state index contributed by atoms with van der Waals surface area (Å²) in [6.07, 6.45) is -3.94. The Balaban J connectivity index is 1.88. The quantitative estimate of drug-likeness (QED) is 0.498. The maximum absolute atomic E-state index is 13.5. The number of benzene rings is 3. The van der Waals surface area contributed by atoms with Crippen molar-refractivity contribution in [2.75, 3.05) is 20.8 Å². The SMILES string of the molecule is COc1cc2c(cc1OC)[C@H](c1cccc(C(F)(F)F)c1)N(C(=O)c1ccc(C)cc1)CC2. The summed E-state index contributed by atoms with van der Waals surface area (Å²) in [7, 11) is 3.03. The van der Waals surface area contributed by atoms with Crippen LogP contribution in [0, 0.1) is 6.92 Å². The van der Waals surface area contributed by atoms with Gasteiger partial charge in [0, 0.05) is 12.1 Å². The van der Waals surface area contributed by atoms with E-state index in [1.54, 1.807) is 29.2 Å². The van der Waals surface area contributed by atoms with Crippen LogP contribution in [0.15, 0.2) is 60.7 Å². The second-order valence-electron chi connectivity index (χ2n) is 8.05. The molecule has 0 radical (unpaired) electrons. The van der Waals surface area contributed by atoms with E-state index < -0.39 is 17.8 Å². The van der Waals surface area contributed by atoms with Gasteiger partial charge in [0.05, 0.1) is 25.8 Å². The predicted molar refractivity (Wildman–Crippen MR) is 119 cm³/mol. The number of ether oxygens (including phenoxy) is 2. The normalized spacial score (nSPS) is 15.7. The molecule has 1 heterocycles. The number of aryl methyl sites for hydroxylation is 1. The van der Waals surface area contributed by atoms with Gasteiger partial charge in [-0.05, 0) is 66.4 Å². The lowest BCUT2D eigenvalue weighted by molar-refractivity contribution is -0.137. The minimum absolute atomic E-state index is 0.238. The molecule has 3 aromatic carbocycles. The van der Waals surface area contributed by atoms with Crippen molar-refractivity contribution in [1.29, 1.82) is 0 Å². The Hall–Kier alpha value is -3.48. The number of hydrogen-bond donors (Lipinski definition) is 0. The van der Waals surface area contributed by atoms with E-state index in [4.69, 9.17) is 9.47 Å². The van der Waals surface area contributed by atoms with Crippen molar-refractivity contribution in [3.05, 3.63) is 94.0 Å². The van der Waals surface area contributed by atoms with Crippen LogP contribution in [-0.2, 0) is 12.6 Å². The van der Waals surface area contributed by atoms with Gasteiger partial charge in [-0.3, -0.25) is 4.79 Å². The number of carbonyl (C=O) groups is 1. The van der Waals surface area contributed by atoms with Crippen LogP contribution < -0.4 is 9.47 Å². The summed E-state index contributed by atoms with van der Waals surface area (Å²) in [5.41, 5.74) is 2.76. The minimum Gasteiger partial charge on any atom is -0.493 e. The number of rotatable bonds is 4. The van der Waals surface area contributed by atoms with Crippen molar-refractivity contribution >= 4 is 5.91 Å². The van der Waals surface area contributed by atoms with Crippen molar-refractivity contribution in [2.45, 2.75) is 25.6 Å². The average Bonchev–Trinajstić information content (AvgIpc) is 2.82. The molecule has 3 aromatic rings. The zero-order valence-electron chi connectivity index (χ0n) is 18.6. The van der Waals surface area contributed by atoms with E-state index in [1.807, 2.05) is 25.1 Å². The molecule has 0 saturated carbocycles. The van der Waals surface area contributed by atoms with Gasteiger partial charge >= 0.3 is 6.18 Å². The second kappa shape index (κ2) is 8.81. The number of halogens is 3. The summed E-state index contributed by atoms with van der Waals surface area (Å²) in [5.74, 6) is 0.757. The van der Waals surface area contributed by atoms with E-state index in [2.05, 4.69) is 0 Å². The van der Waals surface area contributed by atoms with Crippen LogP contribution in [0.3, 0.4) is 0 Å². The Morgan fingerprint density at radius 3 is 2.27 bits per heavy atom. The average molecular weight is 455 g/mol. The molecule has 4 nitrogen and oxygen atoms in total. The third-order valence-corrected chi connectivity index (χ3v) is 5.96. The molecule has 1 amide bonds. The van der Waals surface area contributed by atoms with Gasteiger partial charge in [0.15, 0.2) is 11.5 Å². The third kappa shape index (κ3) is 4.40. The molecular formula is C26H24F3NO3. The number of carbonyl (C=O) groups excluding carboxylic acids is 1. The lowest BCUT2D eigenvalue weighted by atomic mass is 9.86. The summed E-state index contributed by atoms with van der Waals surface area (Å²) < 4.78 is 51.3. The van der Waals surface area contributed by atoms with Gasteiger partial charge in [-0.1, -0.05) is 29.8 Å². The van der Waals surface area contributed by atoms with Gasteiger partial charge < -0.3 is 14.4 Å². The van der Waals surface area contributed by atoms with Crippen LogP contribution >= 0.6 is 0 Å². The first-order chi connectivity index (χ1) is 15.7. The highest BCUT2D eigenvalue weighted by atomic mass is 19.4. The Kier molecular flexibility index (Phi) is 6.06. The lowest BCUT2D eigenvalue weighted by Crippen LogP contribution is -2.40. The summed E-state index contributed by atoms with van der Waals surface area (Å²) in [6, 6.07) is 15.2. The molecule has 0 saturated heterocycles. The molecule has 1 aliphatic heterocycles. The highest BCUT2D eigenvalue weighted by molar-refractivity contribution is 5.95. The number of methoxy groups -OCH3 is 2. The number of fused-ring (bicyclic) bond motifs is 1. The minimum atomic E-state index is -4.49. The van der Waals surface area contributed by atoms with E-state index in [-0.39, 0.29) is 5.91 Å². The van der Waals surface area contributed by atoms with Crippen molar-refractivity contribution in [3.8, 4) is 11.5 Å². The highest BCUT2D eigenvalue weighted by Gasteiger charge is 2.36. The van der Waals surface area contributed by atoms with Crippen LogP contribution in [0.1, 0.15) is 44.2 Å². The van der Waals surface area contributed by atoms with Crippen LogP contribution in [0.25, 0.3) is 0 Å². The Bertz CT molecular complexity index is 1170. The predicted octanol–water partition coefficient (Wildman–Crippen LogP) is 5.82. The van der Waals surface area contributed by atoms with Crippen molar-refractivity contribution < 1.29 is 27.4 Å². The summed E-state index contributed by atoms with van der Waals surface area (Å²) in [4.78, 5) is 15.1. The zero-order chi connectivity index (χ0) is 23.8. The standard InChI is InChI=1S/C26H24F3NO3/c1-16-7-9-17(10-8-16)25(31)30-12-11-18-14-22(32-2)23(33-3)15-21(18)24(30)19-5-4-6-20(13-19)26(27,28)29/h4-10,13-15,24H,11-12H2,1-3H3/t24-/m0/s1. The van der Waals surface area contributed by atoms with Gasteiger partial charge in [-0.15, -0.1) is 0 Å². The number of hydrogen-bond acceptors (Lipinski definition) is 3. The molecule has 0 aromatic heterocycles. The summed E-state index contributed by atoms with van der Waals surface area (Å²) >= 11 is 0. The van der Waals surface area contributed by atoms with Gasteiger partial charge in [-0.2, -0.15) is 13.2 Å². The smallest absolute Gasteiger partial charge is 0.416 e. The maximum Gasteiger partial charge on any atom is 0.416 e. The first-order valence-electron chi connectivity index (χ1n) is 10.5. The fraction of sp³-hybridized carbons (Fsp3) is 0.269. The van der Waals surface area contributed by atoms with E-state index in [9.17, 15) is 18.0 Å². The second-order valence-corrected chi connectivity index (χ2v) is 8.05. The number of nitrogens with zero attached hydrogens (tertiary/aromatic N) is 1. The number of alkyl halides is 3. The molecule has 0 bridgehead atoms. The maximum atomic E-state index is 13.5. The fourth-order valence-electron chi connectivity index (χ4n) is 4.27. The van der Waals surface area contributed by atoms with E-state index in [0.29, 0.717) is 35.6 Å². The molecule has 4 rings (SSSR count). The monoisotopic (exact) mass is 455 g/mol. The lowest BCUT2D eigenvalue weighted by Gasteiger charge is -2.38. The number of amides is 1. The van der Waals surface area contributed by atoms with E-state index in [1.165, 1.54) is 20.3 Å². The first-order valence-corrected chi connectivity index (χ1v) is 10.5. The van der Waals surface area contributed by atoms with E-state index >= 15 is 0 Å². The molecule has 33 heavy (non-hydrogen) atoms. The topological polar surface area (TPSA) is 38.8 Å². The van der Waals surface area contributed by atoms with Gasteiger partial charge in [0.2, 0.25) is 0 Å². The molecule has 0 unspecified atom stereocenters. The van der Waals surface area contributed by atoms with Crippen LogP contribution in [-0.4, -0.2) is 31.6 Å². The van der Waals surface area contributed by atoms with Gasteiger partial charge in [0.25, 0.3) is 5.91 Å². The van der Waals surface area contributed by atoms with Crippen LogP contribution in [0.4, 0.5) is 13.2 Å². The van der Waals surface area contributed by atoms with Crippen molar-refractivity contribution in [3.63, 3.8) is 0 Å².